The van der Waals surface area contributed by atoms with E-state index in [2.05, 4.69) is 22.0 Å². The molecule has 2 rings (SSSR count). The van der Waals surface area contributed by atoms with Crippen LogP contribution in [0, 0.1) is 6.92 Å². The van der Waals surface area contributed by atoms with Gasteiger partial charge in [-0.1, -0.05) is 6.42 Å². The minimum atomic E-state index is 0.506. The minimum Gasteiger partial charge on any atom is -0.380 e. The van der Waals surface area contributed by atoms with Crippen molar-refractivity contribution in [3.63, 3.8) is 0 Å². The zero-order valence-corrected chi connectivity index (χ0v) is 10.9. The Kier molecular flexibility index (Phi) is 4.57. The highest BCUT2D eigenvalue weighted by molar-refractivity contribution is 5.18. The predicted octanol–water partition coefficient (Wildman–Crippen LogP) is 2.28. The van der Waals surface area contributed by atoms with Crippen molar-refractivity contribution in [1.29, 1.82) is 0 Å². The highest BCUT2D eigenvalue weighted by Crippen LogP contribution is 2.30. The second kappa shape index (κ2) is 6.17. The van der Waals surface area contributed by atoms with E-state index in [1.807, 2.05) is 13.1 Å². The van der Waals surface area contributed by atoms with Crippen molar-refractivity contribution in [3.8, 4) is 0 Å². The number of hydrogen-bond donors (Lipinski definition) is 1. The Morgan fingerprint density at radius 3 is 3.12 bits per heavy atom. The molecule has 17 heavy (non-hydrogen) atoms. The van der Waals surface area contributed by atoms with Crippen LogP contribution >= 0.6 is 0 Å². The summed E-state index contributed by atoms with van der Waals surface area (Å²) in [6, 6.07) is 0.506. The molecule has 0 spiro atoms. The average Bonchev–Trinajstić information content (AvgIpc) is 2.76. The highest BCUT2D eigenvalue weighted by atomic mass is 16.5. The van der Waals surface area contributed by atoms with Gasteiger partial charge in [0.15, 0.2) is 0 Å². The molecule has 1 N–H and O–H groups in total. The standard InChI is InChI=1S/C13H23N3O/c1-3-17-9-8-16-7-5-4-6-12(16)13-11(2)10-14-15-13/h10,12H,3-9H2,1-2H3,(H,14,15). The summed E-state index contributed by atoms with van der Waals surface area (Å²) in [4.78, 5) is 2.53. The van der Waals surface area contributed by atoms with Crippen molar-refractivity contribution in [3.05, 3.63) is 17.5 Å². The molecule has 1 aromatic heterocycles. The van der Waals surface area contributed by atoms with Gasteiger partial charge < -0.3 is 4.74 Å². The van der Waals surface area contributed by atoms with E-state index in [4.69, 9.17) is 4.74 Å². The van der Waals surface area contributed by atoms with Crippen LogP contribution in [0.4, 0.5) is 0 Å². The monoisotopic (exact) mass is 237 g/mol. The average molecular weight is 237 g/mol. The van der Waals surface area contributed by atoms with Crippen LogP contribution in [0.3, 0.4) is 0 Å². The van der Waals surface area contributed by atoms with Crippen LogP contribution in [0.15, 0.2) is 6.20 Å². The van der Waals surface area contributed by atoms with E-state index >= 15 is 0 Å². The van der Waals surface area contributed by atoms with Gasteiger partial charge in [0.05, 0.1) is 24.5 Å². The van der Waals surface area contributed by atoms with E-state index < -0.39 is 0 Å². The number of likely N-dealkylation sites (tertiary alicyclic amines) is 1. The minimum absolute atomic E-state index is 0.506. The number of aryl methyl sites for hydroxylation is 1. The molecule has 0 saturated carbocycles. The number of nitrogens with zero attached hydrogens (tertiary/aromatic N) is 2. The third kappa shape index (κ3) is 3.07. The fourth-order valence-electron chi connectivity index (χ4n) is 2.61. The normalized spacial score (nSPS) is 21.9. The van der Waals surface area contributed by atoms with Crippen LogP contribution in [-0.4, -0.2) is 41.4 Å². The number of aromatic nitrogens is 2. The topological polar surface area (TPSA) is 41.1 Å². The largest absolute Gasteiger partial charge is 0.380 e. The molecular formula is C13H23N3O. The lowest BCUT2D eigenvalue weighted by Gasteiger charge is -2.35. The third-order valence-corrected chi connectivity index (χ3v) is 3.54. The van der Waals surface area contributed by atoms with Crippen LogP contribution in [0.25, 0.3) is 0 Å². The second-order valence-corrected chi connectivity index (χ2v) is 4.71. The van der Waals surface area contributed by atoms with Gasteiger partial charge in [0.1, 0.15) is 0 Å². The molecule has 1 atom stereocenters. The molecule has 4 nitrogen and oxygen atoms in total. The van der Waals surface area contributed by atoms with Gasteiger partial charge >= 0.3 is 0 Å². The summed E-state index contributed by atoms with van der Waals surface area (Å²) >= 11 is 0. The first-order valence-electron chi connectivity index (χ1n) is 6.64. The number of hydrogen-bond acceptors (Lipinski definition) is 3. The molecule has 0 aromatic carbocycles. The number of ether oxygens (including phenoxy) is 1. The number of piperidine rings is 1. The zero-order valence-electron chi connectivity index (χ0n) is 10.9. The molecule has 1 aromatic rings. The third-order valence-electron chi connectivity index (χ3n) is 3.54. The first-order valence-corrected chi connectivity index (χ1v) is 6.64. The molecule has 0 aliphatic carbocycles. The fourth-order valence-corrected chi connectivity index (χ4v) is 2.61. The smallest absolute Gasteiger partial charge is 0.0593 e. The quantitative estimate of drug-likeness (QED) is 0.799. The Bertz CT molecular complexity index is 337. The fraction of sp³-hybridized carbons (Fsp3) is 0.769. The predicted molar refractivity (Wildman–Crippen MR) is 68.0 cm³/mol. The van der Waals surface area contributed by atoms with Crippen molar-refractivity contribution in [1.82, 2.24) is 15.1 Å². The molecule has 0 radical (unpaired) electrons. The molecule has 1 unspecified atom stereocenters. The number of nitrogens with one attached hydrogen (secondary N) is 1. The summed E-state index contributed by atoms with van der Waals surface area (Å²) in [6.45, 7) is 8.02. The summed E-state index contributed by atoms with van der Waals surface area (Å²) in [6.07, 6.45) is 5.77. The van der Waals surface area contributed by atoms with Crippen molar-refractivity contribution < 1.29 is 4.74 Å². The highest BCUT2D eigenvalue weighted by Gasteiger charge is 2.25. The van der Waals surface area contributed by atoms with Crippen molar-refractivity contribution in [2.75, 3.05) is 26.3 Å². The lowest BCUT2D eigenvalue weighted by Crippen LogP contribution is -2.36. The SMILES string of the molecule is CCOCCN1CCCCC1c1[nH]ncc1C. The van der Waals surface area contributed by atoms with Crippen molar-refractivity contribution in [2.45, 2.75) is 39.2 Å². The number of H-pyrrole nitrogens is 1. The van der Waals surface area contributed by atoms with E-state index in [1.54, 1.807) is 0 Å². The van der Waals surface area contributed by atoms with Gasteiger partial charge in [-0.25, -0.2) is 0 Å². The van der Waals surface area contributed by atoms with Gasteiger partial charge in [-0.2, -0.15) is 5.10 Å². The molecule has 2 heterocycles. The van der Waals surface area contributed by atoms with Gasteiger partial charge in [-0.15, -0.1) is 0 Å². The lowest BCUT2D eigenvalue weighted by atomic mass is 9.97. The molecule has 1 fully saturated rings. The second-order valence-electron chi connectivity index (χ2n) is 4.71. The Labute approximate surface area is 103 Å². The van der Waals surface area contributed by atoms with Gasteiger partial charge in [-0.3, -0.25) is 10.00 Å². The lowest BCUT2D eigenvalue weighted by molar-refractivity contribution is 0.0757. The maximum atomic E-state index is 5.46. The van der Waals surface area contributed by atoms with Crippen LogP contribution in [0.1, 0.15) is 43.5 Å². The Hall–Kier alpha value is -0.870. The van der Waals surface area contributed by atoms with E-state index in [-0.39, 0.29) is 0 Å². The Morgan fingerprint density at radius 2 is 2.41 bits per heavy atom. The van der Waals surface area contributed by atoms with E-state index in [0.717, 1.165) is 19.8 Å². The summed E-state index contributed by atoms with van der Waals surface area (Å²) < 4.78 is 5.46. The van der Waals surface area contributed by atoms with Gasteiger partial charge in [-0.05, 0) is 38.8 Å². The van der Waals surface area contributed by atoms with Crippen LogP contribution < -0.4 is 0 Å². The molecule has 96 valence electrons. The molecule has 1 saturated heterocycles. The van der Waals surface area contributed by atoms with E-state index in [0.29, 0.717) is 6.04 Å². The van der Waals surface area contributed by atoms with Crippen LogP contribution in [-0.2, 0) is 4.74 Å². The maximum absolute atomic E-state index is 5.46. The van der Waals surface area contributed by atoms with Gasteiger partial charge in [0, 0.05) is 13.2 Å². The summed E-state index contributed by atoms with van der Waals surface area (Å²) in [7, 11) is 0. The first-order chi connectivity index (χ1) is 8.33. The Morgan fingerprint density at radius 1 is 1.53 bits per heavy atom. The van der Waals surface area contributed by atoms with E-state index in [9.17, 15) is 0 Å². The summed E-state index contributed by atoms with van der Waals surface area (Å²) in [5, 5.41) is 7.31. The van der Waals surface area contributed by atoms with Gasteiger partial charge in [0.25, 0.3) is 0 Å². The number of rotatable bonds is 5. The first kappa shape index (κ1) is 12.6. The summed E-state index contributed by atoms with van der Waals surface area (Å²) in [5.41, 5.74) is 2.57. The van der Waals surface area contributed by atoms with Gasteiger partial charge in [0.2, 0.25) is 0 Å². The van der Waals surface area contributed by atoms with Crippen LogP contribution in [0.5, 0.6) is 0 Å². The Balaban J connectivity index is 1.99. The van der Waals surface area contributed by atoms with Crippen molar-refractivity contribution >= 4 is 0 Å². The van der Waals surface area contributed by atoms with Crippen LogP contribution in [0.2, 0.25) is 0 Å². The molecule has 0 amide bonds. The van der Waals surface area contributed by atoms with Crippen molar-refractivity contribution in [2.24, 2.45) is 0 Å². The molecule has 0 bridgehead atoms. The molecular weight excluding hydrogens is 214 g/mol. The summed E-state index contributed by atoms with van der Waals surface area (Å²) in [5.74, 6) is 0. The molecule has 4 heteroatoms. The maximum Gasteiger partial charge on any atom is 0.0593 e. The van der Waals surface area contributed by atoms with E-state index in [1.165, 1.54) is 37.1 Å². The molecule has 1 aliphatic rings. The number of aromatic amines is 1. The molecule has 1 aliphatic heterocycles. The zero-order chi connectivity index (χ0) is 12.1.